The molecule has 0 unspecified atom stereocenters. The molecule has 0 aliphatic carbocycles. The van der Waals surface area contributed by atoms with Gasteiger partial charge in [0.25, 0.3) is 5.56 Å². The number of carbonyl (C=O) groups is 1. The number of aryl methyl sites for hydroxylation is 1. The molecule has 0 aliphatic rings. The van der Waals surface area contributed by atoms with Gasteiger partial charge in [-0.1, -0.05) is 0 Å². The van der Waals surface area contributed by atoms with Crippen LogP contribution in [0.25, 0.3) is 5.69 Å². The number of hydrogen-bond donors (Lipinski definition) is 3. The number of aromatic carboxylic acids is 1. The molecule has 128 valence electrons. The molecule has 3 aromatic rings. The van der Waals surface area contributed by atoms with Gasteiger partial charge in [0.1, 0.15) is 5.75 Å². The van der Waals surface area contributed by atoms with E-state index in [-0.39, 0.29) is 16.9 Å². The topological polar surface area (TPSA) is 96.5 Å². The fourth-order valence-corrected chi connectivity index (χ4v) is 2.60. The summed E-state index contributed by atoms with van der Waals surface area (Å²) in [4.78, 5) is 23.3. The monoisotopic (exact) mass is 339 g/mol. The van der Waals surface area contributed by atoms with E-state index in [4.69, 9.17) is 0 Å². The zero-order valence-electron chi connectivity index (χ0n) is 13.7. The van der Waals surface area contributed by atoms with Crippen molar-refractivity contribution in [2.45, 2.75) is 6.92 Å². The Balaban J connectivity index is 1.92. The van der Waals surface area contributed by atoms with E-state index in [0.717, 1.165) is 5.69 Å². The second-order valence-corrected chi connectivity index (χ2v) is 5.67. The molecule has 1 aromatic heterocycles. The minimum atomic E-state index is -1.14. The predicted molar refractivity (Wildman–Crippen MR) is 94.1 cm³/mol. The standard InChI is InChI=1S/C18H17N3O4/c1-11-9-17(23)21(20(11)2)13-5-3-12(4-6-13)19-16-8-7-14(22)10-15(16)18(24)25/h3-10,19,22H,1-2H3,(H,24,25). The third-order valence-corrected chi connectivity index (χ3v) is 3.98. The maximum absolute atomic E-state index is 12.0. The first-order chi connectivity index (χ1) is 11.9. The van der Waals surface area contributed by atoms with Crippen LogP contribution in [0.15, 0.2) is 53.3 Å². The van der Waals surface area contributed by atoms with Gasteiger partial charge in [0.15, 0.2) is 0 Å². The zero-order valence-corrected chi connectivity index (χ0v) is 13.7. The summed E-state index contributed by atoms with van der Waals surface area (Å²) in [5.41, 5.74) is 2.43. The summed E-state index contributed by atoms with van der Waals surface area (Å²) < 4.78 is 3.30. The molecule has 0 saturated heterocycles. The predicted octanol–water partition coefficient (Wildman–Crippen LogP) is 2.63. The maximum Gasteiger partial charge on any atom is 0.337 e. The number of aromatic hydroxyl groups is 1. The van der Waals surface area contributed by atoms with Crippen LogP contribution in [-0.2, 0) is 7.05 Å². The van der Waals surface area contributed by atoms with Gasteiger partial charge in [-0.05, 0) is 49.4 Å². The van der Waals surface area contributed by atoms with Gasteiger partial charge in [-0.3, -0.25) is 9.48 Å². The molecule has 0 aliphatic heterocycles. The molecule has 3 rings (SSSR count). The van der Waals surface area contributed by atoms with Crippen molar-refractivity contribution in [1.29, 1.82) is 0 Å². The van der Waals surface area contributed by atoms with Gasteiger partial charge in [0.05, 0.1) is 16.9 Å². The summed E-state index contributed by atoms with van der Waals surface area (Å²) in [6, 6.07) is 12.7. The lowest BCUT2D eigenvalue weighted by Crippen LogP contribution is -2.19. The fraction of sp³-hybridized carbons (Fsp3) is 0.111. The molecule has 0 atom stereocenters. The first-order valence-electron chi connectivity index (χ1n) is 7.56. The second-order valence-electron chi connectivity index (χ2n) is 5.67. The number of carboxylic acids is 1. The smallest absolute Gasteiger partial charge is 0.337 e. The summed E-state index contributed by atoms with van der Waals surface area (Å²) in [5, 5.41) is 21.7. The molecule has 1 heterocycles. The van der Waals surface area contributed by atoms with E-state index < -0.39 is 5.97 Å². The second kappa shape index (κ2) is 6.20. The minimum Gasteiger partial charge on any atom is -0.508 e. The molecule has 7 heteroatoms. The lowest BCUT2D eigenvalue weighted by molar-refractivity contribution is 0.0697. The third-order valence-electron chi connectivity index (χ3n) is 3.98. The normalized spacial score (nSPS) is 10.6. The van der Waals surface area contributed by atoms with E-state index in [2.05, 4.69) is 5.32 Å². The van der Waals surface area contributed by atoms with Crippen LogP contribution in [0, 0.1) is 6.92 Å². The highest BCUT2D eigenvalue weighted by molar-refractivity contribution is 5.95. The highest BCUT2D eigenvalue weighted by atomic mass is 16.4. The molecule has 0 radical (unpaired) electrons. The van der Waals surface area contributed by atoms with Crippen LogP contribution in [-0.4, -0.2) is 25.5 Å². The minimum absolute atomic E-state index is 0.0293. The average molecular weight is 339 g/mol. The SMILES string of the molecule is Cc1cc(=O)n(-c2ccc(Nc3ccc(O)cc3C(=O)O)cc2)n1C. The summed E-state index contributed by atoms with van der Waals surface area (Å²) >= 11 is 0. The molecule has 7 nitrogen and oxygen atoms in total. The molecule has 0 amide bonds. The molecule has 25 heavy (non-hydrogen) atoms. The van der Waals surface area contributed by atoms with Gasteiger partial charge < -0.3 is 15.5 Å². The van der Waals surface area contributed by atoms with Crippen LogP contribution in [0.4, 0.5) is 11.4 Å². The number of rotatable bonds is 4. The Hall–Kier alpha value is -3.48. The first kappa shape index (κ1) is 16.4. The van der Waals surface area contributed by atoms with Crippen molar-refractivity contribution in [3.63, 3.8) is 0 Å². The number of phenolic OH excluding ortho intramolecular Hbond substituents is 1. The van der Waals surface area contributed by atoms with Crippen molar-refractivity contribution < 1.29 is 15.0 Å². The van der Waals surface area contributed by atoms with Gasteiger partial charge in [-0.15, -0.1) is 0 Å². The van der Waals surface area contributed by atoms with Gasteiger partial charge in [-0.2, -0.15) is 0 Å². The van der Waals surface area contributed by atoms with Crippen LogP contribution < -0.4 is 10.9 Å². The number of nitrogens with zero attached hydrogens (tertiary/aromatic N) is 2. The number of phenols is 1. The van der Waals surface area contributed by atoms with Crippen molar-refractivity contribution in [2.75, 3.05) is 5.32 Å². The van der Waals surface area contributed by atoms with E-state index in [1.165, 1.54) is 18.2 Å². The Morgan fingerprint density at radius 1 is 1.08 bits per heavy atom. The summed E-state index contributed by atoms with van der Waals surface area (Å²) in [5.74, 6) is -1.25. The largest absolute Gasteiger partial charge is 0.508 e. The van der Waals surface area contributed by atoms with Crippen LogP contribution in [0.1, 0.15) is 16.1 Å². The molecular formula is C18H17N3O4. The van der Waals surface area contributed by atoms with E-state index in [0.29, 0.717) is 17.1 Å². The molecular weight excluding hydrogens is 322 g/mol. The lowest BCUT2D eigenvalue weighted by atomic mass is 10.1. The average Bonchev–Trinajstić information content (AvgIpc) is 2.82. The summed E-state index contributed by atoms with van der Waals surface area (Å²) in [6.07, 6.45) is 0. The molecule has 0 fully saturated rings. The number of nitrogens with one attached hydrogen (secondary N) is 1. The van der Waals surface area contributed by atoms with Gasteiger partial charge >= 0.3 is 5.97 Å². The summed E-state index contributed by atoms with van der Waals surface area (Å²) in [7, 11) is 1.80. The van der Waals surface area contributed by atoms with Crippen molar-refractivity contribution >= 4 is 17.3 Å². The van der Waals surface area contributed by atoms with Crippen molar-refractivity contribution in [1.82, 2.24) is 9.36 Å². The Labute approximate surface area is 143 Å². The van der Waals surface area contributed by atoms with Crippen LogP contribution in [0.2, 0.25) is 0 Å². The van der Waals surface area contributed by atoms with E-state index >= 15 is 0 Å². The van der Waals surface area contributed by atoms with E-state index in [1.807, 2.05) is 6.92 Å². The number of carboxylic acid groups (broad SMARTS) is 1. The van der Waals surface area contributed by atoms with Crippen LogP contribution >= 0.6 is 0 Å². The highest BCUT2D eigenvalue weighted by Crippen LogP contribution is 2.25. The highest BCUT2D eigenvalue weighted by Gasteiger charge is 2.12. The van der Waals surface area contributed by atoms with Crippen molar-refractivity contribution in [2.24, 2.45) is 7.05 Å². The Morgan fingerprint density at radius 2 is 1.76 bits per heavy atom. The van der Waals surface area contributed by atoms with Crippen LogP contribution in [0.3, 0.4) is 0 Å². The van der Waals surface area contributed by atoms with Crippen molar-refractivity contribution in [3.8, 4) is 11.4 Å². The Morgan fingerprint density at radius 3 is 2.32 bits per heavy atom. The maximum atomic E-state index is 12.0. The van der Waals surface area contributed by atoms with Gasteiger partial charge in [0.2, 0.25) is 0 Å². The van der Waals surface area contributed by atoms with E-state index in [9.17, 15) is 19.8 Å². The quantitative estimate of drug-likeness (QED) is 0.635. The number of benzene rings is 2. The molecule has 2 aromatic carbocycles. The molecule has 0 spiro atoms. The van der Waals surface area contributed by atoms with E-state index in [1.54, 1.807) is 46.7 Å². The molecule has 0 bridgehead atoms. The number of aromatic nitrogens is 2. The first-order valence-corrected chi connectivity index (χ1v) is 7.56. The van der Waals surface area contributed by atoms with Gasteiger partial charge in [0, 0.05) is 24.5 Å². The van der Waals surface area contributed by atoms with Crippen molar-refractivity contribution in [3.05, 3.63) is 70.1 Å². The number of anilines is 2. The summed E-state index contributed by atoms with van der Waals surface area (Å²) in [6.45, 7) is 1.85. The lowest BCUT2D eigenvalue weighted by Gasteiger charge is -2.12. The molecule has 3 N–H and O–H groups in total. The Bertz CT molecular complexity index is 1000. The zero-order chi connectivity index (χ0) is 18.1. The van der Waals surface area contributed by atoms with Crippen LogP contribution in [0.5, 0.6) is 5.75 Å². The molecule has 0 saturated carbocycles. The Kier molecular flexibility index (Phi) is 4.06. The number of hydrogen-bond acceptors (Lipinski definition) is 4. The van der Waals surface area contributed by atoms with Gasteiger partial charge in [-0.25, -0.2) is 9.48 Å². The third kappa shape index (κ3) is 3.12. The fourth-order valence-electron chi connectivity index (χ4n) is 2.60.